The van der Waals surface area contributed by atoms with Gasteiger partial charge in [-0.15, -0.1) is 0 Å². The van der Waals surface area contributed by atoms with Gasteiger partial charge < -0.3 is 15.4 Å². The number of para-hydroxylation sites is 1. The third kappa shape index (κ3) is 4.82. The zero-order valence-corrected chi connectivity index (χ0v) is 15.2. The fourth-order valence-corrected chi connectivity index (χ4v) is 2.64. The number of methoxy groups -OCH3 is 1. The van der Waals surface area contributed by atoms with Crippen LogP contribution in [0.2, 0.25) is 0 Å². The van der Waals surface area contributed by atoms with Crippen molar-refractivity contribution in [2.75, 3.05) is 19.0 Å². The molecule has 28 heavy (non-hydrogen) atoms. The van der Waals surface area contributed by atoms with Crippen molar-refractivity contribution in [3.05, 3.63) is 83.7 Å². The van der Waals surface area contributed by atoms with Crippen LogP contribution in [-0.4, -0.2) is 24.5 Å². The van der Waals surface area contributed by atoms with E-state index in [2.05, 4.69) is 15.6 Å². The highest BCUT2D eigenvalue weighted by Gasteiger charge is 2.11. The Bertz CT molecular complexity index is 959. The van der Waals surface area contributed by atoms with Crippen LogP contribution in [0.25, 0.3) is 0 Å². The Morgan fingerprint density at radius 2 is 1.82 bits per heavy atom. The number of anilines is 2. The molecule has 0 saturated heterocycles. The van der Waals surface area contributed by atoms with Gasteiger partial charge in [0.1, 0.15) is 23.1 Å². The zero-order chi connectivity index (χ0) is 19.9. The number of amides is 1. The quantitative estimate of drug-likeness (QED) is 0.645. The molecule has 1 heterocycles. The number of hydrogen-bond donors (Lipinski definition) is 2. The van der Waals surface area contributed by atoms with Crippen molar-refractivity contribution in [1.82, 2.24) is 10.3 Å². The van der Waals surface area contributed by atoms with Gasteiger partial charge in [0.15, 0.2) is 0 Å². The molecule has 0 spiro atoms. The number of nitrogens with zero attached hydrogens (tertiary/aromatic N) is 1. The van der Waals surface area contributed by atoms with E-state index in [-0.39, 0.29) is 17.2 Å². The number of benzene rings is 2. The molecule has 3 rings (SSSR count). The van der Waals surface area contributed by atoms with Crippen LogP contribution in [0.5, 0.6) is 5.75 Å². The van der Waals surface area contributed by atoms with Crippen LogP contribution < -0.4 is 15.4 Å². The van der Waals surface area contributed by atoms with Gasteiger partial charge in [0.2, 0.25) is 0 Å². The number of rotatable bonds is 7. The average Bonchev–Trinajstić information content (AvgIpc) is 2.71. The van der Waals surface area contributed by atoms with E-state index in [4.69, 9.17) is 4.74 Å². The highest BCUT2D eigenvalue weighted by molar-refractivity contribution is 5.94. The highest BCUT2D eigenvalue weighted by atomic mass is 19.1. The number of hydrogen-bond acceptors (Lipinski definition) is 4. The number of aromatic nitrogens is 1. The van der Waals surface area contributed by atoms with E-state index in [1.807, 2.05) is 24.3 Å². The van der Waals surface area contributed by atoms with Crippen LogP contribution in [0.15, 0.2) is 60.9 Å². The molecule has 0 aliphatic rings. The van der Waals surface area contributed by atoms with E-state index in [0.29, 0.717) is 18.7 Å². The van der Waals surface area contributed by atoms with Crippen molar-refractivity contribution in [2.24, 2.45) is 0 Å². The molecule has 7 heteroatoms. The van der Waals surface area contributed by atoms with Gasteiger partial charge in [0.25, 0.3) is 5.91 Å². The minimum atomic E-state index is -0.729. The average molecular weight is 383 g/mol. The second-order valence-electron chi connectivity index (χ2n) is 6.04. The molecule has 1 aromatic heterocycles. The zero-order valence-electron chi connectivity index (χ0n) is 15.2. The highest BCUT2D eigenvalue weighted by Crippen LogP contribution is 2.23. The summed E-state index contributed by atoms with van der Waals surface area (Å²) < 4.78 is 32.7. The number of pyridine rings is 1. The van der Waals surface area contributed by atoms with Crippen molar-refractivity contribution in [1.29, 1.82) is 0 Å². The van der Waals surface area contributed by atoms with Gasteiger partial charge in [-0.2, -0.15) is 0 Å². The maximum absolute atomic E-state index is 13.8. The second kappa shape index (κ2) is 8.94. The number of nitrogens with one attached hydrogen (secondary N) is 2. The first kappa shape index (κ1) is 19.3. The lowest BCUT2D eigenvalue weighted by atomic mass is 10.1. The van der Waals surface area contributed by atoms with E-state index >= 15 is 0 Å². The molecule has 5 nitrogen and oxygen atoms in total. The van der Waals surface area contributed by atoms with Crippen LogP contribution in [0.1, 0.15) is 15.9 Å². The van der Waals surface area contributed by atoms with Crippen molar-refractivity contribution in [3.63, 3.8) is 0 Å². The maximum Gasteiger partial charge on any atom is 0.252 e. The van der Waals surface area contributed by atoms with Crippen molar-refractivity contribution in [3.8, 4) is 5.75 Å². The van der Waals surface area contributed by atoms with E-state index < -0.39 is 11.6 Å². The van der Waals surface area contributed by atoms with Gasteiger partial charge in [0.05, 0.1) is 24.6 Å². The lowest BCUT2D eigenvalue weighted by Gasteiger charge is -2.10. The van der Waals surface area contributed by atoms with Gasteiger partial charge >= 0.3 is 0 Å². The molecule has 1 amide bonds. The molecule has 2 N–H and O–H groups in total. The van der Waals surface area contributed by atoms with Gasteiger partial charge in [-0.1, -0.05) is 18.2 Å². The summed E-state index contributed by atoms with van der Waals surface area (Å²) in [5.41, 5.74) is 1.33. The van der Waals surface area contributed by atoms with Crippen molar-refractivity contribution < 1.29 is 18.3 Å². The fraction of sp³-hybridized carbons (Fsp3) is 0.143. The second-order valence-corrected chi connectivity index (χ2v) is 6.04. The summed E-state index contributed by atoms with van der Waals surface area (Å²) in [4.78, 5) is 16.3. The number of ether oxygens (including phenoxy) is 1. The molecule has 0 bridgehead atoms. The Labute approximate surface area is 161 Å². The molecule has 144 valence electrons. The predicted octanol–water partition coefficient (Wildman–Crippen LogP) is 4.08. The topological polar surface area (TPSA) is 63.2 Å². The van der Waals surface area contributed by atoms with E-state index in [1.165, 1.54) is 24.5 Å². The molecule has 3 aromatic rings. The summed E-state index contributed by atoms with van der Waals surface area (Å²) in [5.74, 6) is -1.03. The monoisotopic (exact) mass is 383 g/mol. The normalized spacial score (nSPS) is 10.4. The molecule has 0 radical (unpaired) electrons. The molecule has 2 aromatic carbocycles. The molecule has 0 saturated carbocycles. The summed E-state index contributed by atoms with van der Waals surface area (Å²) in [6, 6.07) is 12.6. The fourth-order valence-electron chi connectivity index (χ4n) is 2.64. The lowest BCUT2D eigenvalue weighted by molar-refractivity contribution is 0.0954. The first-order chi connectivity index (χ1) is 13.6. The SMILES string of the molecule is COc1cccc(CCNC(=O)c2cncc(Nc3c(F)cccc3F)c2)c1. The third-order valence-electron chi connectivity index (χ3n) is 4.07. The van der Waals surface area contributed by atoms with Crippen LogP contribution >= 0.6 is 0 Å². The Hall–Kier alpha value is -3.48. The first-order valence-electron chi connectivity index (χ1n) is 8.64. The van der Waals surface area contributed by atoms with E-state index in [1.54, 1.807) is 7.11 Å². The summed E-state index contributed by atoms with van der Waals surface area (Å²) in [6.45, 7) is 0.422. The van der Waals surface area contributed by atoms with E-state index in [9.17, 15) is 13.6 Å². The summed E-state index contributed by atoms with van der Waals surface area (Å²) >= 11 is 0. The minimum Gasteiger partial charge on any atom is -0.497 e. The predicted molar refractivity (Wildman–Crippen MR) is 103 cm³/mol. The van der Waals surface area contributed by atoms with Crippen LogP contribution in [0, 0.1) is 11.6 Å². The lowest BCUT2D eigenvalue weighted by Crippen LogP contribution is -2.25. The van der Waals surface area contributed by atoms with Gasteiger partial charge in [0, 0.05) is 12.7 Å². The summed E-state index contributed by atoms with van der Waals surface area (Å²) in [7, 11) is 1.60. The number of halogens is 2. The van der Waals surface area contributed by atoms with Crippen LogP contribution in [-0.2, 0) is 6.42 Å². The summed E-state index contributed by atoms with van der Waals surface area (Å²) in [5, 5.41) is 5.43. The molecular formula is C21H19F2N3O2. The molecule has 0 unspecified atom stereocenters. The largest absolute Gasteiger partial charge is 0.497 e. The maximum atomic E-state index is 13.8. The van der Waals surface area contributed by atoms with Crippen LogP contribution in [0.4, 0.5) is 20.2 Å². The molecule has 0 aliphatic heterocycles. The van der Waals surface area contributed by atoms with Gasteiger partial charge in [-0.3, -0.25) is 9.78 Å². The van der Waals surface area contributed by atoms with E-state index in [0.717, 1.165) is 23.4 Å². The molecule has 0 aliphatic carbocycles. The van der Waals surface area contributed by atoms with Crippen molar-refractivity contribution >= 4 is 17.3 Å². The molecular weight excluding hydrogens is 364 g/mol. The Morgan fingerprint density at radius 1 is 1.07 bits per heavy atom. The minimum absolute atomic E-state index is 0.285. The smallest absolute Gasteiger partial charge is 0.252 e. The van der Waals surface area contributed by atoms with Gasteiger partial charge in [-0.05, 0) is 42.3 Å². The molecule has 0 fully saturated rings. The van der Waals surface area contributed by atoms with Gasteiger partial charge in [-0.25, -0.2) is 8.78 Å². The Balaban J connectivity index is 1.62. The third-order valence-corrected chi connectivity index (χ3v) is 4.07. The Morgan fingerprint density at radius 3 is 2.57 bits per heavy atom. The standard InChI is InChI=1S/C21H19F2N3O2/c1-28-17-5-2-4-14(10-17)8-9-25-21(27)15-11-16(13-24-12-15)26-20-18(22)6-3-7-19(20)23/h2-7,10-13,26H,8-9H2,1H3,(H,25,27). The van der Waals surface area contributed by atoms with Crippen molar-refractivity contribution in [2.45, 2.75) is 6.42 Å². The Kier molecular flexibility index (Phi) is 6.16. The summed E-state index contributed by atoms with van der Waals surface area (Å²) in [6.07, 6.45) is 3.41. The first-order valence-corrected chi connectivity index (χ1v) is 8.64. The number of carbonyl (C=O) groups excluding carboxylic acids is 1. The molecule has 0 atom stereocenters. The number of carbonyl (C=O) groups is 1. The van der Waals surface area contributed by atoms with Crippen LogP contribution in [0.3, 0.4) is 0 Å².